The molecule has 1 aromatic carbocycles. The van der Waals surface area contributed by atoms with Crippen LogP contribution in [0.25, 0.3) is 0 Å². The summed E-state index contributed by atoms with van der Waals surface area (Å²) in [5.74, 6) is -0.392. The van der Waals surface area contributed by atoms with Crippen molar-refractivity contribution >= 4 is 34.5 Å². The van der Waals surface area contributed by atoms with Crippen LogP contribution >= 0.6 is 22.9 Å². The van der Waals surface area contributed by atoms with Crippen LogP contribution < -0.4 is 11.1 Å². The van der Waals surface area contributed by atoms with E-state index in [9.17, 15) is 4.79 Å². The van der Waals surface area contributed by atoms with Gasteiger partial charge in [-0.3, -0.25) is 4.79 Å². The summed E-state index contributed by atoms with van der Waals surface area (Å²) in [4.78, 5) is 12.7. The first kappa shape index (κ1) is 13.5. The molecule has 0 saturated heterocycles. The molecule has 1 aromatic heterocycles. The second kappa shape index (κ2) is 5.11. The van der Waals surface area contributed by atoms with Crippen LogP contribution in [0.3, 0.4) is 0 Å². The topological polar surface area (TPSA) is 55.1 Å². The van der Waals surface area contributed by atoms with Crippen LogP contribution in [-0.4, -0.2) is 5.91 Å². The normalized spacial score (nSPS) is 17.0. The van der Waals surface area contributed by atoms with Gasteiger partial charge >= 0.3 is 0 Å². The number of rotatable bonds is 3. The van der Waals surface area contributed by atoms with Crippen LogP contribution in [0.15, 0.2) is 24.3 Å². The first-order valence-corrected chi connectivity index (χ1v) is 7.70. The summed E-state index contributed by atoms with van der Waals surface area (Å²) in [6.45, 7) is 1.92. The molecule has 1 aliphatic rings. The number of carbonyl (C=O) groups excluding carboxylic acids is 1. The second-order valence-electron chi connectivity index (χ2n) is 5.01. The van der Waals surface area contributed by atoms with E-state index in [0.717, 1.165) is 28.4 Å². The third-order valence-electron chi connectivity index (χ3n) is 3.78. The minimum atomic E-state index is -0.392. The molecule has 20 heavy (non-hydrogen) atoms. The van der Waals surface area contributed by atoms with Gasteiger partial charge in [-0.15, -0.1) is 11.3 Å². The minimum Gasteiger partial charge on any atom is -0.378 e. The van der Waals surface area contributed by atoms with E-state index in [0.29, 0.717) is 5.56 Å². The quantitative estimate of drug-likeness (QED) is 0.903. The van der Waals surface area contributed by atoms with Crippen molar-refractivity contribution in [3.05, 3.63) is 50.2 Å². The fourth-order valence-electron chi connectivity index (χ4n) is 2.73. The summed E-state index contributed by atoms with van der Waals surface area (Å²) in [7, 11) is 0. The van der Waals surface area contributed by atoms with Gasteiger partial charge in [-0.25, -0.2) is 0 Å². The Balaban J connectivity index is 1.89. The number of aryl methyl sites for hydroxylation is 1. The van der Waals surface area contributed by atoms with Crippen LogP contribution in [0.2, 0.25) is 4.34 Å². The molecule has 1 aliphatic carbocycles. The number of primary amides is 1. The van der Waals surface area contributed by atoms with Crippen LogP contribution in [0.4, 0.5) is 5.69 Å². The van der Waals surface area contributed by atoms with Crippen LogP contribution in [0, 0.1) is 6.92 Å². The Labute approximate surface area is 126 Å². The molecule has 2 aromatic rings. The lowest BCUT2D eigenvalue weighted by molar-refractivity contribution is 0.1000. The molecule has 3 N–H and O–H groups in total. The fraction of sp³-hybridized carbons (Fsp3) is 0.267. The van der Waals surface area contributed by atoms with Crippen LogP contribution in [0.1, 0.15) is 38.8 Å². The lowest BCUT2D eigenvalue weighted by Gasteiger charge is -2.17. The Morgan fingerprint density at radius 2 is 2.30 bits per heavy atom. The van der Waals surface area contributed by atoms with Crippen molar-refractivity contribution in [1.29, 1.82) is 0 Å². The van der Waals surface area contributed by atoms with Gasteiger partial charge in [-0.05, 0) is 49.1 Å². The Bertz CT molecular complexity index is 681. The number of nitrogens with one attached hydrogen (secondary N) is 1. The number of fused-ring (bicyclic) bond motifs is 1. The standard InChI is InChI=1S/C15H15ClN2OS/c1-8-9(15(17)19)3-2-4-11(8)18-12-5-6-13-10(12)7-14(16)20-13/h2-4,7,12,18H,5-6H2,1H3,(H2,17,19). The molecule has 0 aliphatic heterocycles. The summed E-state index contributed by atoms with van der Waals surface area (Å²) < 4.78 is 0.837. The van der Waals surface area contributed by atoms with Gasteiger partial charge in [0.15, 0.2) is 0 Å². The Morgan fingerprint density at radius 1 is 1.50 bits per heavy atom. The van der Waals surface area contributed by atoms with Gasteiger partial charge in [0.2, 0.25) is 5.91 Å². The van der Waals surface area contributed by atoms with Crippen molar-refractivity contribution in [3.63, 3.8) is 0 Å². The monoisotopic (exact) mass is 306 g/mol. The number of halogens is 1. The maximum absolute atomic E-state index is 11.4. The molecule has 1 heterocycles. The molecule has 0 saturated carbocycles. The van der Waals surface area contributed by atoms with E-state index >= 15 is 0 Å². The predicted octanol–water partition coefficient (Wildman–Crippen LogP) is 3.91. The lowest BCUT2D eigenvalue weighted by atomic mass is 10.0. The van der Waals surface area contributed by atoms with Crippen LogP contribution in [0.5, 0.6) is 0 Å². The summed E-state index contributed by atoms with van der Waals surface area (Å²) in [6.07, 6.45) is 2.11. The fourth-order valence-corrected chi connectivity index (χ4v) is 4.08. The largest absolute Gasteiger partial charge is 0.378 e. The zero-order valence-corrected chi connectivity index (χ0v) is 12.6. The van der Waals surface area contributed by atoms with Gasteiger partial charge in [0.1, 0.15) is 0 Å². The van der Waals surface area contributed by atoms with Crippen molar-refractivity contribution in [2.75, 3.05) is 5.32 Å². The molecule has 0 radical (unpaired) electrons. The number of hydrogen-bond donors (Lipinski definition) is 2. The van der Waals surface area contributed by atoms with Gasteiger partial charge in [-0.1, -0.05) is 17.7 Å². The molecule has 1 atom stereocenters. The first-order valence-electron chi connectivity index (χ1n) is 6.50. The van der Waals surface area contributed by atoms with E-state index in [-0.39, 0.29) is 6.04 Å². The molecule has 3 rings (SSSR count). The molecular weight excluding hydrogens is 292 g/mol. The molecule has 1 unspecified atom stereocenters. The maximum Gasteiger partial charge on any atom is 0.249 e. The number of nitrogens with two attached hydrogens (primary N) is 1. The van der Waals surface area contributed by atoms with Crippen molar-refractivity contribution < 1.29 is 4.79 Å². The van der Waals surface area contributed by atoms with Gasteiger partial charge < -0.3 is 11.1 Å². The minimum absolute atomic E-state index is 0.260. The molecule has 1 amide bonds. The van der Waals surface area contributed by atoms with Crippen LogP contribution in [-0.2, 0) is 6.42 Å². The molecule has 0 bridgehead atoms. The second-order valence-corrected chi connectivity index (χ2v) is 6.78. The highest BCUT2D eigenvalue weighted by molar-refractivity contribution is 7.16. The third-order valence-corrected chi connectivity index (χ3v) is 5.12. The predicted molar refractivity (Wildman–Crippen MR) is 83.7 cm³/mol. The van der Waals surface area contributed by atoms with E-state index < -0.39 is 5.91 Å². The molecule has 3 nitrogen and oxygen atoms in total. The third kappa shape index (κ3) is 2.30. The van der Waals surface area contributed by atoms with Gasteiger partial charge in [0, 0.05) is 16.1 Å². The Kier molecular flexibility index (Phi) is 3.44. The van der Waals surface area contributed by atoms with Crippen molar-refractivity contribution in [2.24, 2.45) is 5.73 Å². The Hall–Kier alpha value is -1.52. The SMILES string of the molecule is Cc1c(NC2CCc3sc(Cl)cc32)cccc1C(N)=O. The zero-order valence-electron chi connectivity index (χ0n) is 11.1. The lowest BCUT2D eigenvalue weighted by Crippen LogP contribution is -2.15. The number of thiophene rings is 1. The molecule has 0 spiro atoms. The number of hydrogen-bond acceptors (Lipinski definition) is 3. The van der Waals surface area contributed by atoms with Crippen molar-refractivity contribution in [3.8, 4) is 0 Å². The smallest absolute Gasteiger partial charge is 0.249 e. The van der Waals surface area contributed by atoms with Gasteiger partial charge in [0.25, 0.3) is 0 Å². The molecular formula is C15H15ClN2OS. The zero-order chi connectivity index (χ0) is 14.3. The number of benzene rings is 1. The van der Waals surface area contributed by atoms with E-state index in [1.54, 1.807) is 17.4 Å². The number of carbonyl (C=O) groups is 1. The highest BCUT2D eigenvalue weighted by Crippen LogP contribution is 2.41. The van der Waals surface area contributed by atoms with Gasteiger partial charge in [-0.2, -0.15) is 0 Å². The average Bonchev–Trinajstić information content (AvgIpc) is 2.92. The first-order chi connectivity index (χ1) is 9.56. The summed E-state index contributed by atoms with van der Waals surface area (Å²) >= 11 is 7.73. The maximum atomic E-state index is 11.4. The molecule has 104 valence electrons. The summed E-state index contributed by atoms with van der Waals surface area (Å²) in [5.41, 5.74) is 9.09. The van der Waals surface area contributed by atoms with E-state index in [1.165, 1.54) is 10.4 Å². The summed E-state index contributed by atoms with van der Waals surface area (Å²) in [5, 5.41) is 3.51. The van der Waals surface area contributed by atoms with E-state index in [4.69, 9.17) is 17.3 Å². The number of anilines is 1. The molecule has 5 heteroatoms. The Morgan fingerprint density at radius 3 is 3.05 bits per heavy atom. The highest BCUT2D eigenvalue weighted by atomic mass is 35.5. The van der Waals surface area contributed by atoms with E-state index in [1.807, 2.05) is 25.1 Å². The molecule has 0 fully saturated rings. The summed E-state index contributed by atoms with van der Waals surface area (Å²) in [6, 6.07) is 7.89. The van der Waals surface area contributed by atoms with E-state index in [2.05, 4.69) is 5.32 Å². The van der Waals surface area contributed by atoms with Gasteiger partial charge in [0.05, 0.1) is 10.4 Å². The number of amides is 1. The average molecular weight is 307 g/mol. The van der Waals surface area contributed by atoms with Crippen molar-refractivity contribution in [1.82, 2.24) is 0 Å². The highest BCUT2D eigenvalue weighted by Gasteiger charge is 2.25. The van der Waals surface area contributed by atoms with Crippen molar-refractivity contribution in [2.45, 2.75) is 25.8 Å².